The predicted molar refractivity (Wildman–Crippen MR) is 69.8 cm³/mol. The van der Waals surface area contributed by atoms with E-state index in [0.717, 1.165) is 5.56 Å². The number of rotatable bonds is 1. The molecule has 0 radical (unpaired) electrons. The van der Waals surface area contributed by atoms with Crippen LogP contribution in [0, 0.1) is 0 Å². The van der Waals surface area contributed by atoms with Gasteiger partial charge in [-0.25, -0.2) is 0 Å². The molecule has 0 spiro atoms. The van der Waals surface area contributed by atoms with Crippen LogP contribution in [-0.4, -0.2) is 16.7 Å². The van der Waals surface area contributed by atoms with Crippen molar-refractivity contribution in [2.24, 2.45) is 5.16 Å². The molecule has 0 bridgehead atoms. The van der Waals surface area contributed by atoms with Gasteiger partial charge >= 0.3 is 0 Å². The summed E-state index contributed by atoms with van der Waals surface area (Å²) >= 11 is 0. The number of Topliss-reactive ketones (excluding diaryl/α,β-unsaturated/α-hetero) is 1. The largest absolute Gasteiger partial charge is 0.478 e. The quantitative estimate of drug-likeness (QED) is 0.628. The number of carbonyl (C=O) groups excluding carboxylic acids is 1. The highest BCUT2D eigenvalue weighted by molar-refractivity contribution is 6.48. The Kier molecular flexibility index (Phi) is 2.76. The summed E-state index contributed by atoms with van der Waals surface area (Å²) in [6.45, 7) is 0. The van der Waals surface area contributed by atoms with Crippen LogP contribution in [0.3, 0.4) is 0 Å². The molecule has 19 heavy (non-hydrogen) atoms. The number of nitrogens with zero attached hydrogens (tertiary/aromatic N) is 1. The summed E-state index contributed by atoms with van der Waals surface area (Å²) in [5, 5.41) is 12.2. The Balaban J connectivity index is 2.11. The lowest BCUT2D eigenvalue weighted by Crippen LogP contribution is -2.32. The molecule has 2 aromatic rings. The number of ether oxygens (including phenoxy) is 1. The number of fused-ring (bicyclic) bond motifs is 1. The van der Waals surface area contributed by atoms with Gasteiger partial charge in [-0.05, 0) is 17.7 Å². The van der Waals surface area contributed by atoms with Gasteiger partial charge in [0.05, 0.1) is 5.56 Å². The first-order chi connectivity index (χ1) is 9.31. The first-order valence-electron chi connectivity index (χ1n) is 5.88. The summed E-state index contributed by atoms with van der Waals surface area (Å²) in [7, 11) is 0. The smallest absolute Gasteiger partial charge is 0.218 e. The number of hydrogen-bond donors (Lipinski definition) is 1. The molecule has 1 aliphatic rings. The lowest BCUT2D eigenvalue weighted by molar-refractivity contribution is 0.102. The molecule has 0 saturated heterocycles. The van der Waals surface area contributed by atoms with Crippen molar-refractivity contribution in [2.75, 3.05) is 0 Å². The first kappa shape index (κ1) is 11.5. The Morgan fingerprint density at radius 2 is 1.68 bits per heavy atom. The zero-order valence-electron chi connectivity index (χ0n) is 9.98. The predicted octanol–water partition coefficient (Wildman–Crippen LogP) is 2.83. The van der Waals surface area contributed by atoms with Gasteiger partial charge in [0.2, 0.25) is 5.78 Å². The van der Waals surface area contributed by atoms with Crippen LogP contribution in [-0.2, 0) is 0 Å². The number of oxime groups is 1. The van der Waals surface area contributed by atoms with Gasteiger partial charge in [-0.3, -0.25) is 4.79 Å². The summed E-state index contributed by atoms with van der Waals surface area (Å²) in [5.74, 6) is 0.201. The second kappa shape index (κ2) is 4.57. The second-order valence-electron chi connectivity index (χ2n) is 4.22. The molecule has 1 N–H and O–H groups in total. The van der Waals surface area contributed by atoms with E-state index in [1.165, 1.54) is 0 Å². The van der Waals surface area contributed by atoms with E-state index in [2.05, 4.69) is 5.16 Å². The maximum Gasteiger partial charge on any atom is 0.218 e. The van der Waals surface area contributed by atoms with Crippen molar-refractivity contribution in [2.45, 2.75) is 6.10 Å². The van der Waals surface area contributed by atoms with E-state index in [1.807, 2.05) is 30.3 Å². The maximum absolute atomic E-state index is 12.3. The standard InChI is InChI=1S/C15H11NO3/c17-14-11-8-4-5-9-12(11)19-15(13(14)16-18)10-6-2-1-3-7-10/h1-9,15,18H/b16-13-/t15-/m1/s1. The van der Waals surface area contributed by atoms with Gasteiger partial charge in [-0.1, -0.05) is 47.6 Å². The fourth-order valence-electron chi connectivity index (χ4n) is 2.15. The van der Waals surface area contributed by atoms with Crippen molar-refractivity contribution in [1.29, 1.82) is 0 Å². The zero-order chi connectivity index (χ0) is 13.2. The molecule has 0 amide bonds. The van der Waals surface area contributed by atoms with Gasteiger partial charge in [0.25, 0.3) is 0 Å². The molecule has 1 atom stereocenters. The Labute approximate surface area is 109 Å². The van der Waals surface area contributed by atoms with Crippen LogP contribution in [0.5, 0.6) is 5.75 Å². The Morgan fingerprint density at radius 1 is 1.00 bits per heavy atom. The van der Waals surface area contributed by atoms with Crippen molar-refractivity contribution in [3.63, 3.8) is 0 Å². The molecule has 1 heterocycles. The summed E-state index contributed by atoms with van der Waals surface area (Å²) < 4.78 is 5.78. The summed E-state index contributed by atoms with van der Waals surface area (Å²) in [4.78, 5) is 12.3. The van der Waals surface area contributed by atoms with Gasteiger partial charge < -0.3 is 9.94 Å². The molecule has 1 aliphatic heterocycles. The molecule has 0 unspecified atom stereocenters. The van der Waals surface area contributed by atoms with Crippen LogP contribution < -0.4 is 4.74 Å². The SMILES string of the molecule is O=C1/C(=N/O)[C@@H](c2ccccc2)Oc2ccccc21. The summed E-state index contributed by atoms with van der Waals surface area (Å²) in [6, 6.07) is 16.2. The van der Waals surface area contributed by atoms with Crippen LogP contribution >= 0.6 is 0 Å². The highest BCUT2D eigenvalue weighted by Crippen LogP contribution is 2.33. The third kappa shape index (κ3) is 1.87. The molecule has 0 saturated carbocycles. The van der Waals surface area contributed by atoms with Gasteiger partial charge in [0.1, 0.15) is 5.75 Å². The van der Waals surface area contributed by atoms with Gasteiger partial charge in [-0.15, -0.1) is 0 Å². The monoisotopic (exact) mass is 253 g/mol. The summed E-state index contributed by atoms with van der Waals surface area (Å²) in [5.41, 5.74) is 1.20. The molecule has 0 fully saturated rings. The maximum atomic E-state index is 12.3. The Morgan fingerprint density at radius 3 is 2.42 bits per heavy atom. The first-order valence-corrected chi connectivity index (χ1v) is 5.88. The van der Waals surface area contributed by atoms with Gasteiger partial charge in [0.15, 0.2) is 11.8 Å². The van der Waals surface area contributed by atoms with Crippen molar-refractivity contribution < 1.29 is 14.7 Å². The molecular formula is C15H11NO3. The molecule has 4 nitrogen and oxygen atoms in total. The van der Waals surface area contributed by atoms with E-state index >= 15 is 0 Å². The minimum absolute atomic E-state index is 0.00454. The number of benzene rings is 2. The van der Waals surface area contributed by atoms with E-state index in [4.69, 9.17) is 9.94 Å². The third-order valence-electron chi connectivity index (χ3n) is 3.07. The van der Waals surface area contributed by atoms with Crippen molar-refractivity contribution in [3.05, 3.63) is 65.7 Å². The fourth-order valence-corrected chi connectivity index (χ4v) is 2.15. The number of ketones is 1. The Bertz CT molecular complexity index is 649. The fraction of sp³-hybridized carbons (Fsp3) is 0.0667. The molecule has 4 heteroatoms. The second-order valence-corrected chi connectivity index (χ2v) is 4.22. The van der Waals surface area contributed by atoms with E-state index in [1.54, 1.807) is 24.3 Å². The lowest BCUT2D eigenvalue weighted by atomic mass is 9.94. The highest BCUT2D eigenvalue weighted by Gasteiger charge is 2.34. The highest BCUT2D eigenvalue weighted by atomic mass is 16.5. The third-order valence-corrected chi connectivity index (χ3v) is 3.07. The molecular weight excluding hydrogens is 242 g/mol. The van der Waals surface area contributed by atoms with Crippen LogP contribution in [0.4, 0.5) is 0 Å². The molecule has 0 aromatic heterocycles. The topological polar surface area (TPSA) is 58.9 Å². The van der Waals surface area contributed by atoms with E-state index in [-0.39, 0.29) is 11.5 Å². The van der Waals surface area contributed by atoms with Crippen LogP contribution in [0.15, 0.2) is 59.8 Å². The van der Waals surface area contributed by atoms with Gasteiger partial charge in [0, 0.05) is 0 Å². The molecule has 0 aliphatic carbocycles. The van der Waals surface area contributed by atoms with Crippen molar-refractivity contribution >= 4 is 11.5 Å². The minimum atomic E-state index is -0.673. The summed E-state index contributed by atoms with van der Waals surface area (Å²) in [6.07, 6.45) is -0.673. The normalized spacial score (nSPS) is 19.9. The molecule has 2 aromatic carbocycles. The molecule has 94 valence electrons. The van der Waals surface area contributed by atoms with Crippen LogP contribution in [0.25, 0.3) is 0 Å². The van der Waals surface area contributed by atoms with Crippen LogP contribution in [0.2, 0.25) is 0 Å². The number of carbonyl (C=O) groups is 1. The van der Waals surface area contributed by atoms with Crippen LogP contribution in [0.1, 0.15) is 22.0 Å². The van der Waals surface area contributed by atoms with E-state index in [9.17, 15) is 4.79 Å². The van der Waals surface area contributed by atoms with E-state index in [0.29, 0.717) is 11.3 Å². The minimum Gasteiger partial charge on any atom is -0.478 e. The average Bonchev–Trinajstić information content (AvgIpc) is 2.48. The van der Waals surface area contributed by atoms with Gasteiger partial charge in [-0.2, -0.15) is 0 Å². The van der Waals surface area contributed by atoms with Crippen molar-refractivity contribution in [3.8, 4) is 5.75 Å². The number of para-hydroxylation sites is 1. The average molecular weight is 253 g/mol. The number of hydrogen-bond acceptors (Lipinski definition) is 4. The molecule has 3 rings (SSSR count). The zero-order valence-corrected chi connectivity index (χ0v) is 9.98. The lowest BCUT2D eigenvalue weighted by Gasteiger charge is -2.25. The van der Waals surface area contributed by atoms with Crippen molar-refractivity contribution in [1.82, 2.24) is 0 Å². The Hall–Kier alpha value is -2.62. The van der Waals surface area contributed by atoms with E-state index < -0.39 is 6.10 Å².